The van der Waals surface area contributed by atoms with Crippen molar-refractivity contribution in [1.82, 2.24) is 14.5 Å². The van der Waals surface area contributed by atoms with Crippen LogP contribution in [0.2, 0.25) is 0 Å². The average Bonchev–Trinajstić information content (AvgIpc) is 3.10. The van der Waals surface area contributed by atoms with Gasteiger partial charge in [-0.3, -0.25) is 4.79 Å². The first-order valence-electron chi connectivity index (χ1n) is 7.38. The van der Waals surface area contributed by atoms with Crippen molar-refractivity contribution in [1.29, 1.82) is 0 Å². The smallest absolute Gasteiger partial charge is 0.311 e. The van der Waals surface area contributed by atoms with Crippen LogP contribution in [0.15, 0.2) is 46.7 Å². The van der Waals surface area contributed by atoms with E-state index in [1.54, 1.807) is 0 Å². The summed E-state index contributed by atoms with van der Waals surface area (Å²) in [5.74, 6) is -5.11. The summed E-state index contributed by atoms with van der Waals surface area (Å²) in [5.41, 5.74) is 0.936. The molecule has 0 spiro atoms. The van der Waals surface area contributed by atoms with Gasteiger partial charge in [0.2, 0.25) is 0 Å². The lowest BCUT2D eigenvalue weighted by atomic mass is 10.3. The van der Waals surface area contributed by atoms with E-state index in [1.165, 1.54) is 17.6 Å². The lowest BCUT2D eigenvalue weighted by Gasteiger charge is -2.13. The van der Waals surface area contributed by atoms with Gasteiger partial charge < -0.3 is 4.74 Å². The topological polar surface area (TPSA) is 57.0 Å². The second-order valence-corrected chi connectivity index (χ2v) is 6.15. The molecule has 0 amide bonds. The Bertz CT molecular complexity index is 1220. The normalized spacial score (nSPS) is 11.1. The minimum absolute atomic E-state index is 0.0300. The van der Waals surface area contributed by atoms with Crippen LogP contribution in [0.5, 0.6) is 11.8 Å². The van der Waals surface area contributed by atoms with E-state index >= 15 is 0 Å². The van der Waals surface area contributed by atoms with Crippen molar-refractivity contribution in [2.75, 3.05) is 0 Å². The zero-order valence-electron chi connectivity index (χ0n) is 13.1. The molecule has 0 atom stereocenters. The average molecular weight is 393 g/mol. The third-order valence-electron chi connectivity index (χ3n) is 3.60. The highest BCUT2D eigenvalue weighted by Crippen LogP contribution is 2.28. The Balaban J connectivity index is 1.94. The first-order valence-corrected chi connectivity index (χ1v) is 8.26. The fourth-order valence-electron chi connectivity index (χ4n) is 2.36. The first-order chi connectivity index (χ1) is 12.9. The number of ether oxygens (including phenoxy) is 1. The number of aromatic nitrogens is 3. The summed E-state index contributed by atoms with van der Waals surface area (Å²) in [6.45, 7) is 0. The molecule has 0 unspecified atom stereocenters. The summed E-state index contributed by atoms with van der Waals surface area (Å²) >= 11 is 1.04. The standard InChI is InChI=1S/C17H7F4N3O2S/c18-8-1-3-9(4-2-8)24-16(25)14-15(27-7-22-14)23-17(24)26-13-6-11(20)10(19)5-12(13)21/h1-7H. The molecule has 5 nitrogen and oxygen atoms in total. The van der Waals surface area contributed by atoms with Crippen LogP contribution >= 0.6 is 11.3 Å². The number of fused-ring (bicyclic) bond motifs is 1. The molecule has 0 radical (unpaired) electrons. The Hall–Kier alpha value is -3.27. The van der Waals surface area contributed by atoms with Gasteiger partial charge in [-0.2, -0.15) is 4.98 Å². The van der Waals surface area contributed by atoms with Crippen molar-refractivity contribution in [2.45, 2.75) is 0 Å². The third-order valence-corrected chi connectivity index (χ3v) is 4.32. The molecule has 0 aliphatic heterocycles. The lowest BCUT2D eigenvalue weighted by molar-refractivity contribution is 0.388. The van der Waals surface area contributed by atoms with Crippen molar-refractivity contribution in [3.8, 4) is 17.4 Å². The van der Waals surface area contributed by atoms with E-state index in [0.29, 0.717) is 12.1 Å². The van der Waals surface area contributed by atoms with Gasteiger partial charge in [0.05, 0.1) is 11.2 Å². The molecule has 0 N–H and O–H groups in total. The molecule has 0 bridgehead atoms. The Morgan fingerprint density at radius 2 is 1.67 bits per heavy atom. The van der Waals surface area contributed by atoms with Crippen LogP contribution in [0.1, 0.15) is 0 Å². The number of halogens is 4. The molecule has 0 aliphatic rings. The zero-order valence-corrected chi connectivity index (χ0v) is 13.9. The highest BCUT2D eigenvalue weighted by molar-refractivity contribution is 7.16. The van der Waals surface area contributed by atoms with Gasteiger partial charge in [0, 0.05) is 12.1 Å². The molecule has 2 aromatic carbocycles. The van der Waals surface area contributed by atoms with Crippen molar-refractivity contribution >= 4 is 21.7 Å². The maximum absolute atomic E-state index is 14.0. The molecule has 2 aromatic heterocycles. The molecule has 0 saturated heterocycles. The second kappa shape index (κ2) is 6.47. The van der Waals surface area contributed by atoms with Crippen LogP contribution in [-0.4, -0.2) is 14.5 Å². The summed E-state index contributed by atoms with van der Waals surface area (Å²) < 4.78 is 60.0. The Morgan fingerprint density at radius 1 is 0.963 bits per heavy atom. The van der Waals surface area contributed by atoms with Gasteiger partial charge in [0.15, 0.2) is 33.5 Å². The van der Waals surface area contributed by atoms with E-state index in [2.05, 4.69) is 9.97 Å². The molecule has 10 heteroatoms. The molecule has 4 rings (SSSR count). The van der Waals surface area contributed by atoms with Gasteiger partial charge in [-0.25, -0.2) is 27.1 Å². The number of benzene rings is 2. The van der Waals surface area contributed by atoms with Gasteiger partial charge in [-0.05, 0) is 24.3 Å². The van der Waals surface area contributed by atoms with Crippen molar-refractivity contribution in [2.24, 2.45) is 0 Å². The predicted octanol–water partition coefficient (Wildman–Crippen LogP) is 4.19. The lowest BCUT2D eigenvalue weighted by Crippen LogP contribution is -2.21. The Morgan fingerprint density at radius 3 is 2.41 bits per heavy atom. The quantitative estimate of drug-likeness (QED) is 0.387. The highest BCUT2D eigenvalue weighted by Gasteiger charge is 2.19. The van der Waals surface area contributed by atoms with E-state index in [1.807, 2.05) is 0 Å². The van der Waals surface area contributed by atoms with E-state index in [4.69, 9.17) is 4.74 Å². The van der Waals surface area contributed by atoms with Crippen LogP contribution in [-0.2, 0) is 0 Å². The second-order valence-electron chi connectivity index (χ2n) is 5.32. The largest absolute Gasteiger partial charge is 0.422 e. The van der Waals surface area contributed by atoms with Gasteiger partial charge >= 0.3 is 6.01 Å². The summed E-state index contributed by atoms with van der Waals surface area (Å²) in [6.07, 6.45) is 0. The molecule has 0 aliphatic carbocycles. The Kier molecular flexibility index (Phi) is 4.11. The zero-order chi connectivity index (χ0) is 19.1. The maximum atomic E-state index is 14.0. The van der Waals surface area contributed by atoms with Gasteiger partial charge in [-0.1, -0.05) is 0 Å². The summed E-state index contributed by atoms with van der Waals surface area (Å²) in [4.78, 5) is 21.0. The fraction of sp³-hybridized carbons (Fsp3) is 0. The van der Waals surface area contributed by atoms with Crippen LogP contribution < -0.4 is 10.3 Å². The molecule has 0 fully saturated rings. The maximum Gasteiger partial charge on any atom is 0.311 e. The minimum Gasteiger partial charge on any atom is -0.422 e. The number of rotatable bonds is 3. The van der Waals surface area contributed by atoms with E-state index in [-0.39, 0.29) is 16.0 Å². The molecule has 27 heavy (non-hydrogen) atoms. The predicted molar refractivity (Wildman–Crippen MR) is 89.4 cm³/mol. The number of thiazole rings is 1. The van der Waals surface area contributed by atoms with Gasteiger partial charge in [0.1, 0.15) is 5.82 Å². The van der Waals surface area contributed by atoms with Crippen molar-refractivity contribution in [3.05, 3.63) is 75.5 Å². The number of hydrogen-bond donors (Lipinski definition) is 0. The molecule has 0 saturated carbocycles. The number of nitrogens with zero attached hydrogens (tertiary/aromatic N) is 3. The third kappa shape index (κ3) is 3.04. The van der Waals surface area contributed by atoms with Crippen LogP contribution in [0, 0.1) is 23.3 Å². The molecular weight excluding hydrogens is 386 g/mol. The van der Waals surface area contributed by atoms with E-state index in [0.717, 1.165) is 28.0 Å². The minimum atomic E-state index is -1.39. The van der Waals surface area contributed by atoms with Gasteiger partial charge in [0.25, 0.3) is 5.56 Å². The monoisotopic (exact) mass is 393 g/mol. The molecular formula is C17H7F4N3O2S. The highest BCUT2D eigenvalue weighted by atomic mass is 32.1. The first kappa shape index (κ1) is 17.2. The summed E-state index contributed by atoms with van der Waals surface area (Å²) in [7, 11) is 0. The summed E-state index contributed by atoms with van der Waals surface area (Å²) in [5, 5.41) is 0. The summed E-state index contributed by atoms with van der Waals surface area (Å²) in [6, 6.07) is 5.19. The van der Waals surface area contributed by atoms with E-state index in [9.17, 15) is 22.4 Å². The Labute approximate surface area is 152 Å². The van der Waals surface area contributed by atoms with Crippen molar-refractivity contribution in [3.63, 3.8) is 0 Å². The fourth-order valence-corrected chi connectivity index (χ4v) is 3.00. The van der Waals surface area contributed by atoms with Crippen LogP contribution in [0.4, 0.5) is 17.6 Å². The van der Waals surface area contributed by atoms with E-state index < -0.39 is 40.6 Å². The molecule has 4 aromatic rings. The SMILES string of the molecule is O=c1c2ncsc2nc(Oc2cc(F)c(F)cc2F)n1-c1ccc(F)cc1. The number of hydrogen-bond acceptors (Lipinski definition) is 5. The molecule has 2 heterocycles. The van der Waals surface area contributed by atoms with Crippen LogP contribution in [0.25, 0.3) is 16.0 Å². The molecule has 136 valence electrons. The van der Waals surface area contributed by atoms with Crippen LogP contribution in [0.3, 0.4) is 0 Å². The van der Waals surface area contributed by atoms with Crippen molar-refractivity contribution < 1.29 is 22.3 Å². The van der Waals surface area contributed by atoms with Gasteiger partial charge in [-0.15, -0.1) is 11.3 Å².